The minimum absolute atomic E-state index is 0.336. The number of amides is 1. The second-order valence-electron chi connectivity index (χ2n) is 4.28. The Kier molecular flexibility index (Phi) is 5.23. The number of halogens is 3. The van der Waals surface area contributed by atoms with Crippen LogP contribution in [0.15, 0.2) is 47.6 Å². The van der Waals surface area contributed by atoms with Crippen LogP contribution in [0, 0.1) is 0 Å². The molecule has 0 saturated heterocycles. The maximum absolute atomic E-state index is 11.9. The average Bonchev–Trinajstić information content (AvgIpc) is 2.47. The molecule has 1 amide bonds. The average molecular weight is 342 g/mol. The van der Waals surface area contributed by atoms with Crippen LogP contribution in [-0.2, 0) is 0 Å². The van der Waals surface area contributed by atoms with E-state index < -0.39 is 0 Å². The van der Waals surface area contributed by atoms with Gasteiger partial charge in [0.2, 0.25) is 0 Å². The summed E-state index contributed by atoms with van der Waals surface area (Å²) in [4.78, 5) is 11.9. The molecule has 0 aliphatic rings. The molecule has 0 bridgehead atoms. The number of carbonyl (C=O) groups is 1. The summed E-state index contributed by atoms with van der Waals surface area (Å²) in [5, 5.41) is 5.44. The third kappa shape index (κ3) is 4.21. The molecule has 0 fully saturated rings. The van der Waals surface area contributed by atoms with E-state index in [1.807, 2.05) is 0 Å². The molecule has 0 aromatic heterocycles. The van der Waals surface area contributed by atoms with Gasteiger partial charge >= 0.3 is 0 Å². The number of hydrogen-bond acceptors (Lipinski definition) is 2. The van der Waals surface area contributed by atoms with Crippen LogP contribution < -0.4 is 5.43 Å². The Balaban J connectivity index is 2.13. The summed E-state index contributed by atoms with van der Waals surface area (Å²) < 4.78 is 0. The first-order chi connectivity index (χ1) is 9.97. The van der Waals surface area contributed by atoms with Gasteiger partial charge in [0.15, 0.2) is 0 Å². The number of benzene rings is 2. The van der Waals surface area contributed by atoms with E-state index in [1.54, 1.807) is 49.4 Å². The minimum atomic E-state index is -0.336. The van der Waals surface area contributed by atoms with Gasteiger partial charge in [-0.25, -0.2) is 5.43 Å². The molecule has 0 unspecified atom stereocenters. The highest BCUT2D eigenvalue weighted by Gasteiger charge is 2.06. The van der Waals surface area contributed by atoms with Crippen molar-refractivity contribution < 1.29 is 4.79 Å². The van der Waals surface area contributed by atoms with Crippen molar-refractivity contribution >= 4 is 46.4 Å². The SMILES string of the molecule is CC(=NNC(=O)c1cccc(Cl)c1)c1ccc(Cl)c(Cl)c1. The molecule has 2 aromatic rings. The third-order valence-electron chi connectivity index (χ3n) is 2.75. The highest BCUT2D eigenvalue weighted by Crippen LogP contribution is 2.22. The van der Waals surface area contributed by atoms with Crippen LogP contribution in [0.4, 0.5) is 0 Å². The first-order valence-electron chi connectivity index (χ1n) is 6.03. The number of rotatable bonds is 3. The van der Waals surface area contributed by atoms with E-state index in [2.05, 4.69) is 10.5 Å². The lowest BCUT2D eigenvalue weighted by atomic mass is 10.1. The van der Waals surface area contributed by atoms with E-state index in [0.29, 0.717) is 26.3 Å². The molecule has 6 heteroatoms. The maximum atomic E-state index is 11.9. The van der Waals surface area contributed by atoms with Gasteiger partial charge in [-0.1, -0.05) is 46.9 Å². The molecule has 2 rings (SSSR count). The standard InChI is InChI=1S/C15H11Cl3N2O/c1-9(10-5-6-13(17)14(18)8-10)19-20-15(21)11-3-2-4-12(16)7-11/h2-8H,1H3,(H,20,21). The predicted octanol–water partition coefficient (Wildman–Crippen LogP) is 4.80. The van der Waals surface area contributed by atoms with Crippen molar-refractivity contribution in [1.82, 2.24) is 5.43 Å². The summed E-state index contributed by atoms with van der Waals surface area (Å²) >= 11 is 17.6. The van der Waals surface area contributed by atoms with E-state index in [4.69, 9.17) is 34.8 Å². The zero-order valence-electron chi connectivity index (χ0n) is 11.0. The zero-order valence-corrected chi connectivity index (χ0v) is 13.3. The molecule has 0 aliphatic heterocycles. The Hall–Kier alpha value is -1.55. The molecule has 0 aliphatic carbocycles. The van der Waals surface area contributed by atoms with E-state index in [-0.39, 0.29) is 5.91 Å². The van der Waals surface area contributed by atoms with E-state index in [9.17, 15) is 4.79 Å². The largest absolute Gasteiger partial charge is 0.271 e. The Bertz CT molecular complexity index is 714. The maximum Gasteiger partial charge on any atom is 0.271 e. The van der Waals surface area contributed by atoms with Crippen molar-refractivity contribution in [3.63, 3.8) is 0 Å². The molecular formula is C15H11Cl3N2O. The van der Waals surface area contributed by atoms with Crippen molar-refractivity contribution in [2.45, 2.75) is 6.92 Å². The fraction of sp³-hybridized carbons (Fsp3) is 0.0667. The van der Waals surface area contributed by atoms with E-state index in [0.717, 1.165) is 5.56 Å². The van der Waals surface area contributed by atoms with Crippen molar-refractivity contribution in [2.75, 3.05) is 0 Å². The topological polar surface area (TPSA) is 41.5 Å². The van der Waals surface area contributed by atoms with Crippen LogP contribution in [-0.4, -0.2) is 11.6 Å². The Morgan fingerprint density at radius 3 is 2.43 bits per heavy atom. The van der Waals surface area contributed by atoms with Crippen LogP contribution in [0.2, 0.25) is 15.1 Å². The van der Waals surface area contributed by atoms with Gasteiger partial charge in [-0.3, -0.25) is 4.79 Å². The van der Waals surface area contributed by atoms with E-state index in [1.165, 1.54) is 0 Å². The molecule has 0 radical (unpaired) electrons. The third-order valence-corrected chi connectivity index (χ3v) is 3.72. The molecule has 21 heavy (non-hydrogen) atoms. The number of hydrogen-bond donors (Lipinski definition) is 1. The van der Waals surface area contributed by atoms with Crippen LogP contribution in [0.3, 0.4) is 0 Å². The lowest BCUT2D eigenvalue weighted by Crippen LogP contribution is -2.19. The summed E-state index contributed by atoms with van der Waals surface area (Å²) in [7, 11) is 0. The van der Waals surface area contributed by atoms with Gasteiger partial charge in [0.1, 0.15) is 0 Å². The van der Waals surface area contributed by atoms with Gasteiger partial charge in [-0.2, -0.15) is 5.10 Å². The lowest BCUT2D eigenvalue weighted by molar-refractivity contribution is 0.0955. The summed E-state index contributed by atoms with van der Waals surface area (Å²) in [6.45, 7) is 1.76. The Labute approximate surface area is 137 Å². The molecule has 108 valence electrons. The minimum Gasteiger partial charge on any atom is -0.267 e. The van der Waals surface area contributed by atoms with Crippen LogP contribution in [0.25, 0.3) is 0 Å². The second-order valence-corrected chi connectivity index (χ2v) is 5.53. The van der Waals surface area contributed by atoms with Crippen LogP contribution in [0.1, 0.15) is 22.8 Å². The van der Waals surface area contributed by atoms with Gasteiger partial charge in [-0.15, -0.1) is 0 Å². The smallest absolute Gasteiger partial charge is 0.267 e. The number of nitrogens with one attached hydrogen (secondary N) is 1. The summed E-state index contributed by atoms with van der Waals surface area (Å²) in [6, 6.07) is 11.8. The Morgan fingerprint density at radius 2 is 1.76 bits per heavy atom. The zero-order chi connectivity index (χ0) is 15.4. The van der Waals surface area contributed by atoms with Crippen LogP contribution in [0.5, 0.6) is 0 Å². The number of nitrogens with zero attached hydrogens (tertiary/aromatic N) is 1. The van der Waals surface area contributed by atoms with Gasteiger partial charge in [0.05, 0.1) is 15.8 Å². The first kappa shape index (κ1) is 15.8. The van der Waals surface area contributed by atoms with Crippen molar-refractivity contribution in [1.29, 1.82) is 0 Å². The van der Waals surface area contributed by atoms with Gasteiger partial charge in [-0.05, 0) is 42.8 Å². The Morgan fingerprint density at radius 1 is 1.00 bits per heavy atom. The van der Waals surface area contributed by atoms with Gasteiger partial charge < -0.3 is 0 Å². The molecule has 1 N–H and O–H groups in total. The van der Waals surface area contributed by atoms with Crippen molar-refractivity contribution in [3.05, 3.63) is 68.7 Å². The molecular weight excluding hydrogens is 331 g/mol. The molecule has 2 aromatic carbocycles. The highest BCUT2D eigenvalue weighted by molar-refractivity contribution is 6.42. The van der Waals surface area contributed by atoms with Crippen LogP contribution >= 0.6 is 34.8 Å². The molecule has 0 atom stereocenters. The lowest BCUT2D eigenvalue weighted by Gasteiger charge is -2.04. The molecule has 0 saturated carbocycles. The molecule has 0 spiro atoms. The van der Waals surface area contributed by atoms with Crippen molar-refractivity contribution in [3.8, 4) is 0 Å². The molecule has 3 nitrogen and oxygen atoms in total. The fourth-order valence-corrected chi connectivity index (χ4v) is 2.10. The number of carbonyl (C=O) groups excluding carboxylic acids is 1. The summed E-state index contributed by atoms with van der Waals surface area (Å²) in [5.41, 5.74) is 4.30. The predicted molar refractivity (Wildman–Crippen MR) is 87.6 cm³/mol. The monoisotopic (exact) mass is 340 g/mol. The second kappa shape index (κ2) is 6.94. The normalized spacial score (nSPS) is 11.3. The van der Waals surface area contributed by atoms with Gasteiger partial charge in [0, 0.05) is 10.6 Å². The quantitative estimate of drug-likeness (QED) is 0.632. The fourth-order valence-electron chi connectivity index (χ4n) is 1.61. The number of hydrazone groups is 1. The highest BCUT2D eigenvalue weighted by atomic mass is 35.5. The summed E-state index contributed by atoms with van der Waals surface area (Å²) in [5.74, 6) is -0.336. The molecule has 0 heterocycles. The van der Waals surface area contributed by atoms with Crippen molar-refractivity contribution in [2.24, 2.45) is 5.10 Å². The van der Waals surface area contributed by atoms with E-state index >= 15 is 0 Å². The first-order valence-corrected chi connectivity index (χ1v) is 7.16. The summed E-state index contributed by atoms with van der Waals surface area (Å²) in [6.07, 6.45) is 0. The van der Waals surface area contributed by atoms with Gasteiger partial charge in [0.25, 0.3) is 5.91 Å².